The van der Waals surface area contributed by atoms with Crippen molar-refractivity contribution in [2.45, 2.75) is 0 Å². The fourth-order valence-corrected chi connectivity index (χ4v) is 1.39. The number of hydrogen-bond acceptors (Lipinski definition) is 3. The maximum absolute atomic E-state index is 5.44. The first-order valence-electron chi connectivity index (χ1n) is 2.96. The summed E-state index contributed by atoms with van der Waals surface area (Å²) in [5.74, 6) is 0.360. The van der Waals surface area contributed by atoms with E-state index in [1.807, 2.05) is 0 Å². The van der Waals surface area contributed by atoms with Gasteiger partial charge in [-0.25, -0.2) is 0 Å². The van der Waals surface area contributed by atoms with Crippen LogP contribution in [0.2, 0.25) is 0 Å². The van der Waals surface area contributed by atoms with Crippen molar-refractivity contribution < 1.29 is 0 Å². The number of nitrogens with two attached hydrogens (primary N) is 1. The number of rotatable bonds is 0. The number of H-pyrrole nitrogens is 2. The van der Waals surface area contributed by atoms with E-state index in [-0.39, 0.29) is 0 Å². The molecule has 0 fully saturated rings. The Bertz CT molecular complexity index is 441. The number of nitrogens with zero attached hydrogens (tertiary/aromatic N) is 2. The Hall–Kier alpha value is -1.13. The zero-order chi connectivity index (χ0) is 7.84. The molecular weight excluding hydrogens is 209 g/mol. The van der Waals surface area contributed by atoms with Gasteiger partial charge >= 0.3 is 68.9 Å². The van der Waals surface area contributed by atoms with Crippen LogP contribution in [-0.4, -0.2) is 35.5 Å². The molecule has 0 bridgehead atoms. The van der Waals surface area contributed by atoms with Crippen LogP contribution in [0.15, 0.2) is 6.33 Å². The van der Waals surface area contributed by atoms with E-state index >= 15 is 0 Å². The Morgan fingerprint density at radius 2 is 2.36 bits per heavy atom. The van der Waals surface area contributed by atoms with Crippen molar-refractivity contribution in [3.8, 4) is 0 Å². The van der Waals surface area contributed by atoms with Crippen LogP contribution >= 0.6 is 0 Å². The van der Waals surface area contributed by atoms with Gasteiger partial charge in [0.05, 0.1) is 0 Å². The second-order valence-corrected chi connectivity index (χ2v) is 2.91. The van der Waals surface area contributed by atoms with Crippen LogP contribution in [0, 0.1) is 4.19 Å². The van der Waals surface area contributed by atoms with Crippen LogP contribution in [0.3, 0.4) is 0 Å². The predicted octanol–water partition coefficient (Wildman–Crippen LogP) is -0.431. The molecule has 2 aromatic rings. The number of anilines is 1. The zero-order valence-corrected chi connectivity index (χ0v) is 7.17. The van der Waals surface area contributed by atoms with Gasteiger partial charge in [-0.1, -0.05) is 0 Å². The minimum absolute atomic E-state index is 0.360. The van der Waals surface area contributed by atoms with Crippen molar-refractivity contribution >= 4 is 32.7 Å². The molecule has 0 atom stereocenters. The molecule has 2 heterocycles. The van der Waals surface area contributed by atoms with Crippen LogP contribution in [0.25, 0.3) is 11.2 Å². The summed E-state index contributed by atoms with van der Waals surface area (Å²) >= 11 is 2.83. The van der Waals surface area contributed by atoms with E-state index in [9.17, 15) is 0 Å². The Balaban J connectivity index is 3.02. The van der Waals surface area contributed by atoms with Gasteiger partial charge in [0.1, 0.15) is 0 Å². The molecule has 0 saturated carbocycles. The van der Waals surface area contributed by atoms with E-state index in [0.717, 1.165) is 9.71 Å². The van der Waals surface area contributed by atoms with Gasteiger partial charge in [0, 0.05) is 0 Å². The molecule has 0 spiro atoms. The number of nitrogens with one attached hydrogen (secondary N) is 2. The first kappa shape index (κ1) is 6.57. The molecule has 0 aliphatic rings. The second kappa shape index (κ2) is 2.18. The molecule has 0 aliphatic carbocycles. The Morgan fingerprint density at radius 1 is 1.55 bits per heavy atom. The monoisotopic (exact) mass is 215 g/mol. The van der Waals surface area contributed by atoms with E-state index in [1.165, 1.54) is 0 Å². The SMILES string of the molecule is Nc1nc2nc[nH]c2c(=[Se])[nH]1. The first-order chi connectivity index (χ1) is 5.27. The topological polar surface area (TPSA) is 83.4 Å². The molecule has 11 heavy (non-hydrogen) atoms. The van der Waals surface area contributed by atoms with Crippen molar-refractivity contribution in [3.05, 3.63) is 10.5 Å². The summed E-state index contributed by atoms with van der Waals surface area (Å²) < 4.78 is 0.824. The Kier molecular flexibility index (Phi) is 1.30. The van der Waals surface area contributed by atoms with Gasteiger partial charge < -0.3 is 0 Å². The molecule has 4 N–H and O–H groups in total. The fourth-order valence-electron chi connectivity index (χ4n) is 0.860. The molecule has 0 aliphatic heterocycles. The van der Waals surface area contributed by atoms with Gasteiger partial charge in [-0.2, -0.15) is 0 Å². The third kappa shape index (κ3) is 0.961. The van der Waals surface area contributed by atoms with Gasteiger partial charge in [0.25, 0.3) is 0 Å². The van der Waals surface area contributed by atoms with Crippen molar-refractivity contribution in [3.63, 3.8) is 0 Å². The molecule has 0 unspecified atom stereocenters. The van der Waals surface area contributed by atoms with Crippen LogP contribution in [0.1, 0.15) is 0 Å². The average molecular weight is 214 g/mol. The summed E-state index contributed by atoms with van der Waals surface area (Å²) in [5.41, 5.74) is 6.91. The molecule has 2 rings (SSSR count). The van der Waals surface area contributed by atoms with E-state index in [0.29, 0.717) is 11.6 Å². The van der Waals surface area contributed by atoms with Gasteiger partial charge in [-0.3, -0.25) is 0 Å². The van der Waals surface area contributed by atoms with Crippen LogP contribution in [-0.2, 0) is 0 Å². The normalized spacial score (nSPS) is 10.5. The summed E-state index contributed by atoms with van der Waals surface area (Å²) in [4.78, 5) is 13.7. The number of aromatic nitrogens is 4. The number of nitrogen functional groups attached to an aromatic ring is 1. The quantitative estimate of drug-likeness (QED) is 0.520. The van der Waals surface area contributed by atoms with Gasteiger partial charge in [-0.15, -0.1) is 0 Å². The Labute approximate surface area is 69.4 Å². The van der Waals surface area contributed by atoms with Gasteiger partial charge in [-0.05, 0) is 0 Å². The summed E-state index contributed by atoms with van der Waals surface area (Å²) in [7, 11) is 0. The van der Waals surface area contributed by atoms with E-state index in [2.05, 4.69) is 35.5 Å². The molecule has 0 aromatic carbocycles. The van der Waals surface area contributed by atoms with Crippen LogP contribution in [0.4, 0.5) is 5.95 Å². The number of aromatic amines is 2. The van der Waals surface area contributed by atoms with Gasteiger partial charge in [0.2, 0.25) is 0 Å². The number of imidazole rings is 1. The minimum atomic E-state index is 0.360. The van der Waals surface area contributed by atoms with E-state index < -0.39 is 0 Å². The number of fused-ring (bicyclic) bond motifs is 1. The number of hydrogen-bond donors (Lipinski definition) is 3. The van der Waals surface area contributed by atoms with Crippen molar-refractivity contribution in [1.82, 2.24) is 19.9 Å². The molecule has 5 nitrogen and oxygen atoms in total. The molecule has 2 aromatic heterocycles. The summed E-state index contributed by atoms with van der Waals surface area (Å²) in [6, 6.07) is 0. The molecular formula is C5H5N5Se. The third-order valence-corrected chi connectivity index (χ3v) is 1.96. The maximum atomic E-state index is 5.44. The van der Waals surface area contributed by atoms with E-state index in [1.54, 1.807) is 6.33 Å². The standard InChI is InChI=1S/C5H5N5Se/c6-5-9-3-2(4(11)10-5)7-1-8-3/h1H,(H4,6,7,8,9,10,11). The predicted molar refractivity (Wildman–Crippen MR) is 41.6 cm³/mol. The Morgan fingerprint density at radius 3 is 3.18 bits per heavy atom. The third-order valence-electron chi connectivity index (χ3n) is 1.31. The van der Waals surface area contributed by atoms with Crippen molar-refractivity contribution in [2.75, 3.05) is 5.73 Å². The fraction of sp³-hybridized carbons (Fsp3) is 0. The van der Waals surface area contributed by atoms with Gasteiger partial charge in [0.15, 0.2) is 0 Å². The molecule has 0 saturated heterocycles. The molecule has 56 valence electrons. The molecule has 6 heteroatoms. The van der Waals surface area contributed by atoms with E-state index in [4.69, 9.17) is 5.73 Å². The average Bonchev–Trinajstić information content (AvgIpc) is 2.34. The van der Waals surface area contributed by atoms with Crippen LogP contribution < -0.4 is 5.73 Å². The van der Waals surface area contributed by atoms with Crippen molar-refractivity contribution in [1.29, 1.82) is 0 Å². The van der Waals surface area contributed by atoms with Crippen LogP contribution in [0.5, 0.6) is 0 Å². The van der Waals surface area contributed by atoms with Crippen molar-refractivity contribution in [2.24, 2.45) is 0 Å². The first-order valence-corrected chi connectivity index (χ1v) is 3.82. The summed E-state index contributed by atoms with van der Waals surface area (Å²) in [6.07, 6.45) is 1.58. The zero-order valence-electron chi connectivity index (χ0n) is 5.46. The summed E-state index contributed by atoms with van der Waals surface area (Å²) in [5, 5.41) is 0. The molecule has 0 amide bonds. The molecule has 0 radical (unpaired) electrons. The second-order valence-electron chi connectivity index (χ2n) is 2.05. The summed E-state index contributed by atoms with van der Waals surface area (Å²) in [6.45, 7) is 0.